The van der Waals surface area contributed by atoms with Gasteiger partial charge in [0, 0.05) is 12.1 Å². The SMILES string of the molecule is C=C(c1ccc(C)c(N2CC(=O)NN=C2CC)c1)C(C)(CC)CC. The molecule has 0 saturated carbocycles. The van der Waals surface area contributed by atoms with E-state index in [1.807, 2.05) is 11.8 Å². The van der Waals surface area contributed by atoms with Crippen LogP contribution in [0.15, 0.2) is 29.9 Å². The van der Waals surface area contributed by atoms with Crippen LogP contribution in [0.3, 0.4) is 0 Å². The summed E-state index contributed by atoms with van der Waals surface area (Å²) >= 11 is 0. The molecule has 130 valence electrons. The minimum absolute atomic E-state index is 0.0808. The van der Waals surface area contributed by atoms with Crippen LogP contribution < -0.4 is 10.3 Å². The molecule has 4 heteroatoms. The lowest BCUT2D eigenvalue weighted by Crippen LogP contribution is -2.45. The second-order valence-corrected chi connectivity index (χ2v) is 6.75. The Morgan fingerprint density at radius 3 is 2.58 bits per heavy atom. The molecule has 4 nitrogen and oxygen atoms in total. The molecule has 0 aliphatic carbocycles. The molecule has 0 unspecified atom stereocenters. The topological polar surface area (TPSA) is 44.7 Å². The summed E-state index contributed by atoms with van der Waals surface area (Å²) in [5.74, 6) is 0.803. The standard InChI is InChI=1S/C20H29N3O/c1-7-18-21-22-19(24)13-23(18)17-12-16(11-10-14(17)4)15(5)20(6,8-2)9-3/h10-12H,5,7-9,13H2,1-4,6H3,(H,22,24). The summed E-state index contributed by atoms with van der Waals surface area (Å²) in [5, 5.41) is 4.20. The Labute approximate surface area is 145 Å². The maximum atomic E-state index is 11.8. The molecule has 1 N–H and O–H groups in total. The number of allylic oxidation sites excluding steroid dienone is 1. The van der Waals surface area contributed by atoms with Gasteiger partial charge in [-0.15, -0.1) is 0 Å². The van der Waals surface area contributed by atoms with E-state index in [1.54, 1.807) is 0 Å². The monoisotopic (exact) mass is 327 g/mol. The van der Waals surface area contributed by atoms with Gasteiger partial charge in [0.15, 0.2) is 0 Å². The Balaban J connectivity index is 2.46. The third-order valence-corrected chi connectivity index (χ3v) is 5.38. The van der Waals surface area contributed by atoms with E-state index in [4.69, 9.17) is 0 Å². The third kappa shape index (κ3) is 3.37. The molecule has 0 saturated heterocycles. The summed E-state index contributed by atoms with van der Waals surface area (Å²) < 4.78 is 0. The Morgan fingerprint density at radius 1 is 1.33 bits per heavy atom. The van der Waals surface area contributed by atoms with Crippen LogP contribution in [-0.2, 0) is 4.79 Å². The number of amides is 1. The molecule has 0 fully saturated rings. The summed E-state index contributed by atoms with van der Waals surface area (Å²) in [7, 11) is 0. The van der Waals surface area contributed by atoms with E-state index in [0.29, 0.717) is 6.54 Å². The molecule has 0 radical (unpaired) electrons. The zero-order valence-corrected chi connectivity index (χ0v) is 15.6. The van der Waals surface area contributed by atoms with Gasteiger partial charge in [0.05, 0.1) is 0 Å². The first-order chi connectivity index (χ1) is 11.4. The summed E-state index contributed by atoms with van der Waals surface area (Å²) in [6, 6.07) is 6.41. The predicted molar refractivity (Wildman–Crippen MR) is 102 cm³/mol. The number of nitrogens with one attached hydrogen (secondary N) is 1. The Bertz CT molecular complexity index is 671. The molecule has 1 aliphatic rings. The largest absolute Gasteiger partial charge is 0.319 e. The van der Waals surface area contributed by atoms with Crippen molar-refractivity contribution in [2.24, 2.45) is 10.5 Å². The molecule has 1 aromatic rings. The Hall–Kier alpha value is -2.10. The van der Waals surface area contributed by atoms with Crippen LogP contribution in [0.2, 0.25) is 0 Å². The number of rotatable bonds is 6. The number of carbonyl (C=O) groups is 1. The number of benzene rings is 1. The molecule has 0 spiro atoms. The van der Waals surface area contributed by atoms with E-state index in [2.05, 4.69) is 63.0 Å². The molecule has 1 heterocycles. The van der Waals surface area contributed by atoms with E-state index in [-0.39, 0.29) is 11.3 Å². The van der Waals surface area contributed by atoms with Gasteiger partial charge in [0.2, 0.25) is 0 Å². The number of amidine groups is 1. The van der Waals surface area contributed by atoms with Gasteiger partial charge in [-0.3, -0.25) is 4.79 Å². The smallest absolute Gasteiger partial charge is 0.260 e. The van der Waals surface area contributed by atoms with E-state index in [9.17, 15) is 4.79 Å². The number of aryl methyl sites for hydroxylation is 1. The number of anilines is 1. The molecule has 1 aromatic carbocycles. The quantitative estimate of drug-likeness (QED) is 0.836. The summed E-state index contributed by atoms with van der Waals surface area (Å²) in [6.07, 6.45) is 2.88. The highest BCUT2D eigenvalue weighted by molar-refractivity contribution is 6.05. The fraction of sp³-hybridized carbons (Fsp3) is 0.500. The van der Waals surface area contributed by atoms with Gasteiger partial charge in [-0.1, -0.05) is 46.4 Å². The van der Waals surface area contributed by atoms with Crippen molar-refractivity contribution in [1.82, 2.24) is 5.43 Å². The number of hydrazone groups is 1. The van der Waals surface area contributed by atoms with Crippen molar-refractivity contribution in [1.29, 1.82) is 0 Å². The van der Waals surface area contributed by atoms with Gasteiger partial charge in [0.25, 0.3) is 5.91 Å². The lowest BCUT2D eigenvalue weighted by atomic mass is 9.75. The van der Waals surface area contributed by atoms with Crippen molar-refractivity contribution in [2.75, 3.05) is 11.4 Å². The van der Waals surface area contributed by atoms with Gasteiger partial charge in [-0.2, -0.15) is 5.10 Å². The predicted octanol–water partition coefficient (Wildman–Crippen LogP) is 4.49. The average Bonchev–Trinajstić information content (AvgIpc) is 2.60. The summed E-state index contributed by atoms with van der Waals surface area (Å²) in [5.41, 5.74) is 7.14. The van der Waals surface area contributed by atoms with Gasteiger partial charge < -0.3 is 4.90 Å². The summed E-state index contributed by atoms with van der Waals surface area (Å²) in [4.78, 5) is 13.8. The van der Waals surface area contributed by atoms with Crippen LogP contribution in [0, 0.1) is 12.3 Å². The van der Waals surface area contributed by atoms with E-state index in [1.165, 1.54) is 0 Å². The van der Waals surface area contributed by atoms with Crippen molar-refractivity contribution in [3.63, 3.8) is 0 Å². The highest BCUT2D eigenvalue weighted by Gasteiger charge is 2.27. The van der Waals surface area contributed by atoms with E-state index >= 15 is 0 Å². The zero-order chi connectivity index (χ0) is 17.9. The maximum Gasteiger partial charge on any atom is 0.260 e. The van der Waals surface area contributed by atoms with E-state index in [0.717, 1.165) is 47.5 Å². The third-order valence-electron chi connectivity index (χ3n) is 5.38. The molecular formula is C20H29N3O. The fourth-order valence-corrected chi connectivity index (χ4v) is 3.06. The molecule has 0 aromatic heterocycles. The van der Waals surface area contributed by atoms with Crippen LogP contribution in [-0.4, -0.2) is 18.3 Å². The zero-order valence-electron chi connectivity index (χ0n) is 15.6. The molecule has 1 amide bonds. The van der Waals surface area contributed by atoms with Crippen molar-refractivity contribution in [3.8, 4) is 0 Å². The first-order valence-electron chi connectivity index (χ1n) is 8.79. The van der Waals surface area contributed by atoms with Gasteiger partial charge >= 0.3 is 0 Å². The van der Waals surface area contributed by atoms with Crippen molar-refractivity contribution in [2.45, 2.75) is 53.9 Å². The number of nitrogens with zero attached hydrogens (tertiary/aromatic N) is 2. The highest BCUT2D eigenvalue weighted by Crippen LogP contribution is 2.40. The second kappa shape index (κ2) is 7.20. The minimum atomic E-state index is -0.0808. The Morgan fingerprint density at radius 2 is 2.00 bits per heavy atom. The van der Waals surface area contributed by atoms with Crippen LogP contribution in [0.1, 0.15) is 58.1 Å². The molecule has 1 aliphatic heterocycles. The second-order valence-electron chi connectivity index (χ2n) is 6.75. The van der Waals surface area contributed by atoms with Crippen molar-refractivity contribution >= 4 is 23.0 Å². The molecule has 2 rings (SSSR count). The average molecular weight is 327 g/mol. The normalized spacial score (nSPS) is 15.1. The van der Waals surface area contributed by atoms with Gasteiger partial charge in [0.1, 0.15) is 12.4 Å². The van der Waals surface area contributed by atoms with Crippen LogP contribution in [0.4, 0.5) is 5.69 Å². The summed E-state index contributed by atoms with van der Waals surface area (Å²) in [6.45, 7) is 15.5. The molecule has 24 heavy (non-hydrogen) atoms. The first-order valence-corrected chi connectivity index (χ1v) is 8.79. The van der Waals surface area contributed by atoms with Crippen LogP contribution in [0.5, 0.6) is 0 Å². The van der Waals surface area contributed by atoms with Crippen LogP contribution in [0.25, 0.3) is 5.57 Å². The number of carbonyl (C=O) groups excluding carboxylic acids is 1. The molecular weight excluding hydrogens is 298 g/mol. The molecule has 0 bridgehead atoms. The fourth-order valence-electron chi connectivity index (χ4n) is 3.06. The van der Waals surface area contributed by atoms with Gasteiger partial charge in [-0.05, 0) is 47.9 Å². The number of hydrogen-bond acceptors (Lipinski definition) is 3. The van der Waals surface area contributed by atoms with Crippen molar-refractivity contribution in [3.05, 3.63) is 35.9 Å². The highest BCUT2D eigenvalue weighted by atomic mass is 16.2. The minimum Gasteiger partial charge on any atom is -0.319 e. The van der Waals surface area contributed by atoms with Crippen molar-refractivity contribution < 1.29 is 4.79 Å². The van der Waals surface area contributed by atoms with Gasteiger partial charge in [-0.25, -0.2) is 5.43 Å². The van der Waals surface area contributed by atoms with Crippen LogP contribution >= 0.6 is 0 Å². The lowest BCUT2D eigenvalue weighted by molar-refractivity contribution is -0.119. The Kier molecular flexibility index (Phi) is 5.47. The lowest BCUT2D eigenvalue weighted by Gasteiger charge is -2.32. The maximum absolute atomic E-state index is 11.8. The first kappa shape index (κ1) is 18.2. The molecule has 0 atom stereocenters. The van der Waals surface area contributed by atoms with E-state index < -0.39 is 0 Å². The number of hydrogen-bond donors (Lipinski definition) is 1.